The van der Waals surface area contributed by atoms with E-state index in [0.29, 0.717) is 43.4 Å². The minimum atomic E-state index is -0.730. The molecule has 2 aromatic carbocycles. The first-order chi connectivity index (χ1) is 19.2. The van der Waals surface area contributed by atoms with Gasteiger partial charge in [-0.2, -0.15) is 0 Å². The van der Waals surface area contributed by atoms with E-state index >= 15 is 0 Å². The van der Waals surface area contributed by atoms with Crippen LogP contribution in [0.2, 0.25) is 0 Å². The first-order valence-electron chi connectivity index (χ1n) is 12.1. The van der Waals surface area contributed by atoms with Crippen molar-refractivity contribution >= 4 is 45.0 Å². The highest BCUT2D eigenvalue weighted by Gasteiger charge is 2.33. The zero-order chi connectivity index (χ0) is 28.6. The number of nitrogens with zero attached hydrogens (tertiary/aromatic N) is 3. The number of hydrogen-bond donors (Lipinski definition) is 0. The summed E-state index contributed by atoms with van der Waals surface area (Å²) in [6.07, 6.45) is 1.58. The smallest absolute Gasteiger partial charge is 0.338 e. The lowest BCUT2D eigenvalue weighted by molar-refractivity contribution is -0.384. The highest BCUT2D eigenvalue weighted by atomic mass is 79.9. The molecule has 0 saturated carbocycles. The lowest BCUT2D eigenvalue weighted by Gasteiger charge is -2.24. The Morgan fingerprint density at radius 2 is 1.98 bits per heavy atom. The highest BCUT2D eigenvalue weighted by Crippen LogP contribution is 2.35. The molecule has 0 radical (unpaired) electrons. The molecule has 1 atom stereocenters. The average Bonchev–Trinajstić information content (AvgIpc) is 3.52. The number of ether oxygens (including phenoxy) is 2. The molecule has 2 aromatic heterocycles. The van der Waals surface area contributed by atoms with Crippen molar-refractivity contribution in [3.63, 3.8) is 0 Å². The summed E-state index contributed by atoms with van der Waals surface area (Å²) < 4.78 is 19.3. The van der Waals surface area contributed by atoms with Gasteiger partial charge in [0.05, 0.1) is 46.0 Å². The molecule has 0 fully saturated rings. The van der Waals surface area contributed by atoms with Gasteiger partial charge in [0.1, 0.15) is 17.3 Å². The summed E-state index contributed by atoms with van der Waals surface area (Å²) in [5.41, 5.74) is 1.44. The summed E-state index contributed by atoms with van der Waals surface area (Å²) in [5, 5.41) is 11.3. The summed E-state index contributed by atoms with van der Waals surface area (Å²) in [6, 6.07) is 14.2. The van der Waals surface area contributed by atoms with E-state index in [1.54, 1.807) is 32.1 Å². The number of methoxy groups -OCH3 is 1. The van der Waals surface area contributed by atoms with Gasteiger partial charge in [-0.3, -0.25) is 19.5 Å². The van der Waals surface area contributed by atoms with E-state index in [1.807, 2.05) is 24.3 Å². The maximum absolute atomic E-state index is 13.8. The molecule has 0 spiro atoms. The van der Waals surface area contributed by atoms with Crippen molar-refractivity contribution in [3.05, 3.63) is 111 Å². The largest absolute Gasteiger partial charge is 0.496 e. The number of carbonyl (C=O) groups is 1. The molecule has 40 heavy (non-hydrogen) atoms. The van der Waals surface area contributed by atoms with Gasteiger partial charge in [0.15, 0.2) is 4.80 Å². The summed E-state index contributed by atoms with van der Waals surface area (Å²) >= 11 is 4.60. The van der Waals surface area contributed by atoms with Crippen molar-refractivity contribution < 1.29 is 23.6 Å². The maximum atomic E-state index is 13.8. The van der Waals surface area contributed by atoms with Crippen molar-refractivity contribution in [1.29, 1.82) is 0 Å². The van der Waals surface area contributed by atoms with Gasteiger partial charge in [-0.25, -0.2) is 9.79 Å². The number of nitro groups is 1. The van der Waals surface area contributed by atoms with Crippen LogP contribution < -0.4 is 19.6 Å². The number of fused-ring (bicyclic) bond motifs is 1. The number of aromatic nitrogens is 1. The molecule has 0 unspecified atom stereocenters. The fourth-order valence-corrected chi connectivity index (χ4v) is 5.75. The van der Waals surface area contributed by atoms with Gasteiger partial charge in [-0.1, -0.05) is 39.4 Å². The lowest BCUT2D eigenvalue weighted by Crippen LogP contribution is -2.39. The molecule has 0 aliphatic carbocycles. The van der Waals surface area contributed by atoms with Gasteiger partial charge < -0.3 is 13.9 Å². The summed E-state index contributed by atoms with van der Waals surface area (Å²) in [4.78, 5) is 42.5. The fraction of sp³-hybridized carbons (Fsp3) is 0.179. The van der Waals surface area contributed by atoms with E-state index in [-0.39, 0.29) is 17.9 Å². The van der Waals surface area contributed by atoms with Crippen LogP contribution >= 0.6 is 27.3 Å². The Bertz CT molecular complexity index is 1850. The Kier molecular flexibility index (Phi) is 7.55. The van der Waals surface area contributed by atoms with E-state index in [0.717, 1.165) is 10.0 Å². The van der Waals surface area contributed by atoms with Gasteiger partial charge in [0, 0.05) is 22.7 Å². The van der Waals surface area contributed by atoms with Crippen LogP contribution in [-0.2, 0) is 9.53 Å². The molecular weight excluding hydrogens is 602 g/mol. The van der Waals surface area contributed by atoms with Crippen LogP contribution in [0.4, 0.5) is 5.69 Å². The molecule has 12 heteroatoms. The molecular formula is C28H22BrN3O7S. The third-order valence-electron chi connectivity index (χ3n) is 6.26. The number of nitro benzene ring substituents is 1. The van der Waals surface area contributed by atoms with Gasteiger partial charge >= 0.3 is 5.97 Å². The average molecular weight is 624 g/mol. The first-order valence-corrected chi connectivity index (χ1v) is 13.7. The summed E-state index contributed by atoms with van der Waals surface area (Å²) in [6.45, 7) is 3.63. The number of rotatable bonds is 7. The third-order valence-corrected chi connectivity index (χ3v) is 7.77. The Labute approximate surface area is 239 Å². The molecule has 204 valence electrons. The molecule has 1 aliphatic rings. The first kappa shape index (κ1) is 27.3. The zero-order valence-corrected chi connectivity index (χ0v) is 23.9. The molecule has 5 rings (SSSR count). The summed E-state index contributed by atoms with van der Waals surface area (Å²) in [5.74, 6) is 0.568. The topological polar surface area (TPSA) is 126 Å². The molecule has 0 amide bonds. The van der Waals surface area contributed by atoms with E-state index in [9.17, 15) is 19.7 Å². The number of benzene rings is 2. The number of carbonyl (C=O) groups excluding carboxylic acids is 1. The number of esters is 1. The normalized spacial score (nSPS) is 15.0. The Balaban J connectivity index is 1.63. The maximum Gasteiger partial charge on any atom is 0.338 e. The third kappa shape index (κ3) is 5.03. The quantitative estimate of drug-likeness (QED) is 0.165. The van der Waals surface area contributed by atoms with E-state index < -0.39 is 16.9 Å². The molecule has 0 saturated heterocycles. The number of non-ortho nitro benzene ring substituents is 1. The molecule has 0 N–H and O–H groups in total. The minimum Gasteiger partial charge on any atom is -0.496 e. The second-order valence-corrected chi connectivity index (χ2v) is 10.6. The zero-order valence-electron chi connectivity index (χ0n) is 21.5. The molecule has 4 aromatic rings. The van der Waals surface area contributed by atoms with Crippen molar-refractivity contribution in [2.75, 3.05) is 13.7 Å². The predicted molar refractivity (Wildman–Crippen MR) is 152 cm³/mol. The number of halogens is 1. The Morgan fingerprint density at radius 1 is 1.23 bits per heavy atom. The van der Waals surface area contributed by atoms with Crippen LogP contribution in [0.15, 0.2) is 84.5 Å². The van der Waals surface area contributed by atoms with Gasteiger partial charge in [-0.05, 0) is 49.7 Å². The van der Waals surface area contributed by atoms with Crippen molar-refractivity contribution in [3.8, 4) is 17.1 Å². The number of allylic oxidation sites excluding steroid dienone is 1. The van der Waals surface area contributed by atoms with Crippen molar-refractivity contribution in [2.45, 2.75) is 19.9 Å². The Hall–Kier alpha value is -4.29. The fourth-order valence-electron chi connectivity index (χ4n) is 4.46. The van der Waals surface area contributed by atoms with Gasteiger partial charge in [0.2, 0.25) is 0 Å². The van der Waals surface area contributed by atoms with Crippen molar-refractivity contribution in [2.24, 2.45) is 4.99 Å². The number of furan rings is 1. The second-order valence-electron chi connectivity index (χ2n) is 8.70. The minimum absolute atomic E-state index is 0.109. The molecule has 3 heterocycles. The van der Waals surface area contributed by atoms with E-state index in [2.05, 4.69) is 20.9 Å². The SMILES string of the molecule is CCOC(=O)C1=C(C)N=c2s/c(=C\c3ccc(-c4cc([N+](=O)[O-])ccc4OC)o3)c(=O)n2[C@H]1c1ccc(Br)cc1. The van der Waals surface area contributed by atoms with Gasteiger partial charge in [0.25, 0.3) is 11.2 Å². The van der Waals surface area contributed by atoms with Crippen LogP contribution in [-0.4, -0.2) is 29.2 Å². The van der Waals surface area contributed by atoms with Crippen LogP contribution in [0.25, 0.3) is 17.4 Å². The lowest BCUT2D eigenvalue weighted by atomic mass is 9.96. The van der Waals surface area contributed by atoms with Gasteiger partial charge in [-0.15, -0.1) is 0 Å². The van der Waals surface area contributed by atoms with Crippen LogP contribution in [0, 0.1) is 10.1 Å². The monoisotopic (exact) mass is 623 g/mol. The highest BCUT2D eigenvalue weighted by molar-refractivity contribution is 9.10. The molecule has 10 nitrogen and oxygen atoms in total. The van der Waals surface area contributed by atoms with E-state index in [1.165, 1.54) is 41.2 Å². The summed E-state index contributed by atoms with van der Waals surface area (Å²) in [7, 11) is 1.46. The molecule has 1 aliphatic heterocycles. The van der Waals surface area contributed by atoms with Crippen LogP contribution in [0.1, 0.15) is 31.2 Å². The van der Waals surface area contributed by atoms with Crippen LogP contribution in [0.3, 0.4) is 0 Å². The number of thiazole rings is 1. The predicted octanol–water partition coefficient (Wildman–Crippen LogP) is 4.74. The van der Waals surface area contributed by atoms with E-state index in [4.69, 9.17) is 13.9 Å². The Morgan fingerprint density at radius 3 is 2.65 bits per heavy atom. The number of hydrogen-bond acceptors (Lipinski definition) is 9. The second kappa shape index (κ2) is 11.1. The standard InChI is InChI=1S/C28H22BrN3O7S/c1-4-38-27(34)24-15(2)30-28-31(25(24)16-5-7-17(29)8-6-16)26(33)23(40-28)14-19-10-12-22(39-19)20-13-18(32(35)36)9-11-21(20)37-3/h5-14,25H,4H2,1-3H3/b23-14-/t25-/m0/s1. The van der Waals surface area contributed by atoms with Crippen LogP contribution in [0.5, 0.6) is 5.75 Å². The molecule has 0 bridgehead atoms. The van der Waals surface area contributed by atoms with Crippen molar-refractivity contribution in [1.82, 2.24) is 4.57 Å².